The van der Waals surface area contributed by atoms with Crippen molar-refractivity contribution in [1.29, 1.82) is 0 Å². The van der Waals surface area contributed by atoms with Crippen molar-refractivity contribution in [2.45, 2.75) is 97.4 Å². The smallest absolute Gasteiger partial charge is 0.168 e. The van der Waals surface area contributed by atoms with Gasteiger partial charge in [-0.15, -0.1) is 0 Å². The van der Waals surface area contributed by atoms with E-state index in [0.717, 1.165) is 12.8 Å². The Morgan fingerprint density at radius 3 is 1.89 bits per heavy atom. The second kappa shape index (κ2) is 10.8. The maximum absolute atomic E-state index is 6.07. The minimum atomic E-state index is -0.337. The molecule has 0 rings (SSSR count). The van der Waals surface area contributed by atoms with Gasteiger partial charge in [-0.1, -0.05) is 46.0 Å². The first-order valence-electron chi connectivity index (χ1n) is 7.83. The Bertz CT molecular complexity index is 180. The summed E-state index contributed by atoms with van der Waals surface area (Å²) in [7, 11) is 1.80. The van der Waals surface area contributed by atoms with Crippen molar-refractivity contribution < 1.29 is 9.47 Å². The number of ether oxygens (including phenoxy) is 2. The van der Waals surface area contributed by atoms with Crippen LogP contribution in [0.4, 0.5) is 0 Å². The average Bonchev–Trinajstić information content (AvgIpc) is 2.35. The molecule has 0 aliphatic carbocycles. The lowest BCUT2D eigenvalue weighted by atomic mass is 10.00. The van der Waals surface area contributed by atoms with Gasteiger partial charge in [0.25, 0.3) is 0 Å². The van der Waals surface area contributed by atoms with Gasteiger partial charge in [0.15, 0.2) is 5.79 Å². The van der Waals surface area contributed by atoms with Gasteiger partial charge in [-0.3, -0.25) is 0 Å². The highest BCUT2D eigenvalue weighted by atomic mass is 16.7. The summed E-state index contributed by atoms with van der Waals surface area (Å²) in [4.78, 5) is 0. The first-order valence-corrected chi connectivity index (χ1v) is 7.83. The van der Waals surface area contributed by atoms with Crippen molar-refractivity contribution in [2.75, 3.05) is 7.11 Å². The van der Waals surface area contributed by atoms with Crippen LogP contribution >= 0.6 is 0 Å². The van der Waals surface area contributed by atoms with E-state index in [-0.39, 0.29) is 11.9 Å². The lowest BCUT2D eigenvalue weighted by molar-refractivity contribution is -0.248. The molecule has 2 heteroatoms. The van der Waals surface area contributed by atoms with E-state index in [1.807, 2.05) is 0 Å². The highest BCUT2D eigenvalue weighted by molar-refractivity contribution is 4.71. The zero-order valence-corrected chi connectivity index (χ0v) is 13.3. The molecule has 1 atom stereocenters. The van der Waals surface area contributed by atoms with Gasteiger partial charge in [-0.2, -0.15) is 0 Å². The fourth-order valence-corrected chi connectivity index (χ4v) is 2.37. The van der Waals surface area contributed by atoms with Crippen LogP contribution in [0.2, 0.25) is 0 Å². The van der Waals surface area contributed by atoms with Gasteiger partial charge in [-0.25, -0.2) is 0 Å². The molecular weight excluding hydrogens is 224 g/mol. The largest absolute Gasteiger partial charge is 0.353 e. The molecule has 0 aliphatic rings. The molecule has 0 aliphatic heterocycles. The monoisotopic (exact) mass is 258 g/mol. The lowest BCUT2D eigenvalue weighted by Crippen LogP contribution is -2.37. The number of methoxy groups -OCH3 is 1. The van der Waals surface area contributed by atoms with Crippen LogP contribution in [-0.2, 0) is 9.47 Å². The first kappa shape index (κ1) is 17.9. The lowest BCUT2D eigenvalue weighted by Gasteiger charge is -2.34. The van der Waals surface area contributed by atoms with Crippen LogP contribution in [0.1, 0.15) is 85.5 Å². The number of unbranched alkanes of at least 4 members (excludes halogenated alkanes) is 5. The van der Waals surface area contributed by atoms with Crippen LogP contribution < -0.4 is 0 Å². The van der Waals surface area contributed by atoms with Gasteiger partial charge in [0.1, 0.15) is 0 Å². The second-order valence-corrected chi connectivity index (χ2v) is 5.55. The molecule has 0 aromatic carbocycles. The Labute approximate surface area is 114 Å². The summed E-state index contributed by atoms with van der Waals surface area (Å²) in [6.07, 6.45) is 11.2. The zero-order chi connectivity index (χ0) is 13.9. The van der Waals surface area contributed by atoms with Gasteiger partial charge in [0.2, 0.25) is 0 Å². The van der Waals surface area contributed by atoms with Crippen molar-refractivity contribution in [3.8, 4) is 0 Å². The molecule has 0 saturated carbocycles. The third-order valence-corrected chi connectivity index (χ3v) is 3.39. The predicted octanol–water partition coefficient (Wildman–Crippen LogP) is 5.30. The Morgan fingerprint density at radius 1 is 0.833 bits per heavy atom. The molecule has 0 fully saturated rings. The minimum absolute atomic E-state index is 0.234. The molecule has 0 heterocycles. The number of rotatable bonds is 12. The van der Waals surface area contributed by atoms with Crippen molar-refractivity contribution in [1.82, 2.24) is 0 Å². The average molecular weight is 258 g/mol. The maximum Gasteiger partial charge on any atom is 0.168 e. The molecule has 0 radical (unpaired) electrons. The second-order valence-electron chi connectivity index (χ2n) is 5.55. The van der Waals surface area contributed by atoms with Gasteiger partial charge in [0, 0.05) is 20.0 Å². The standard InChI is InChI=1S/C16H34O2/c1-6-8-10-11-12-14-16(17-5,13-9-7-2)18-15(3)4/h15H,6-14H2,1-5H3. The third kappa shape index (κ3) is 8.10. The summed E-state index contributed by atoms with van der Waals surface area (Å²) in [5, 5.41) is 0. The highest BCUT2D eigenvalue weighted by Crippen LogP contribution is 2.28. The van der Waals surface area contributed by atoms with Gasteiger partial charge in [0.05, 0.1) is 6.10 Å². The molecule has 110 valence electrons. The van der Waals surface area contributed by atoms with Crippen molar-refractivity contribution in [2.24, 2.45) is 0 Å². The number of hydrogen-bond acceptors (Lipinski definition) is 2. The highest BCUT2D eigenvalue weighted by Gasteiger charge is 2.30. The Hall–Kier alpha value is -0.0800. The quantitative estimate of drug-likeness (QED) is 0.349. The van der Waals surface area contributed by atoms with Crippen molar-refractivity contribution in [3.63, 3.8) is 0 Å². The van der Waals surface area contributed by atoms with Gasteiger partial charge in [-0.05, 0) is 26.7 Å². The van der Waals surface area contributed by atoms with Crippen LogP contribution in [0.3, 0.4) is 0 Å². The Kier molecular flexibility index (Phi) is 10.8. The van der Waals surface area contributed by atoms with Gasteiger partial charge >= 0.3 is 0 Å². The molecule has 18 heavy (non-hydrogen) atoms. The molecule has 0 N–H and O–H groups in total. The normalized spacial score (nSPS) is 15.0. The molecule has 0 amide bonds. The third-order valence-electron chi connectivity index (χ3n) is 3.39. The number of hydrogen-bond donors (Lipinski definition) is 0. The molecular formula is C16H34O2. The fraction of sp³-hybridized carbons (Fsp3) is 1.00. The van der Waals surface area contributed by atoms with Crippen molar-refractivity contribution in [3.05, 3.63) is 0 Å². The van der Waals surface area contributed by atoms with E-state index in [1.54, 1.807) is 7.11 Å². The van der Waals surface area contributed by atoms with E-state index in [2.05, 4.69) is 27.7 Å². The molecule has 2 nitrogen and oxygen atoms in total. The fourth-order valence-electron chi connectivity index (χ4n) is 2.37. The first-order chi connectivity index (χ1) is 8.60. The van der Waals surface area contributed by atoms with Crippen LogP contribution in [0.5, 0.6) is 0 Å². The topological polar surface area (TPSA) is 18.5 Å². The van der Waals surface area contributed by atoms with Crippen LogP contribution in [0, 0.1) is 0 Å². The van der Waals surface area contributed by atoms with E-state index in [0.29, 0.717) is 0 Å². The van der Waals surface area contributed by atoms with E-state index < -0.39 is 0 Å². The summed E-state index contributed by atoms with van der Waals surface area (Å²) in [6, 6.07) is 0. The molecule has 0 spiro atoms. The Balaban J connectivity index is 4.16. The van der Waals surface area contributed by atoms with Gasteiger partial charge < -0.3 is 9.47 Å². The van der Waals surface area contributed by atoms with Crippen LogP contribution in [-0.4, -0.2) is 19.0 Å². The molecule has 0 bridgehead atoms. The SMILES string of the molecule is CCCCCCCC(CCCC)(OC)OC(C)C. The van der Waals surface area contributed by atoms with Crippen molar-refractivity contribution >= 4 is 0 Å². The zero-order valence-electron chi connectivity index (χ0n) is 13.3. The maximum atomic E-state index is 6.07. The summed E-state index contributed by atoms with van der Waals surface area (Å²) in [6.45, 7) is 8.66. The minimum Gasteiger partial charge on any atom is -0.353 e. The predicted molar refractivity (Wildman–Crippen MR) is 78.9 cm³/mol. The summed E-state index contributed by atoms with van der Waals surface area (Å²) >= 11 is 0. The molecule has 1 unspecified atom stereocenters. The molecule has 0 aromatic heterocycles. The van der Waals surface area contributed by atoms with E-state index >= 15 is 0 Å². The Morgan fingerprint density at radius 2 is 1.39 bits per heavy atom. The summed E-state index contributed by atoms with van der Waals surface area (Å²) < 4.78 is 11.8. The summed E-state index contributed by atoms with van der Waals surface area (Å²) in [5.41, 5.74) is 0. The van der Waals surface area contributed by atoms with Crippen LogP contribution in [0.25, 0.3) is 0 Å². The molecule has 0 aromatic rings. The van der Waals surface area contributed by atoms with E-state index in [9.17, 15) is 0 Å². The molecule has 0 saturated heterocycles. The van der Waals surface area contributed by atoms with E-state index in [1.165, 1.54) is 44.9 Å². The van der Waals surface area contributed by atoms with Crippen LogP contribution in [0.15, 0.2) is 0 Å². The van der Waals surface area contributed by atoms with E-state index in [4.69, 9.17) is 9.47 Å². The summed E-state index contributed by atoms with van der Waals surface area (Å²) in [5.74, 6) is -0.337.